The molecule has 0 aliphatic rings. The highest BCUT2D eigenvalue weighted by Crippen LogP contribution is 2.23. The van der Waals surface area contributed by atoms with E-state index in [9.17, 15) is 0 Å². The van der Waals surface area contributed by atoms with Crippen LogP contribution in [0, 0.1) is 0 Å². The quantitative estimate of drug-likeness (QED) is 0.788. The van der Waals surface area contributed by atoms with Gasteiger partial charge in [0.05, 0.1) is 0 Å². The van der Waals surface area contributed by atoms with Crippen LogP contribution in [-0.4, -0.2) is 11.7 Å². The van der Waals surface area contributed by atoms with Crippen LogP contribution >= 0.6 is 11.6 Å². The van der Waals surface area contributed by atoms with Crippen molar-refractivity contribution in [1.29, 1.82) is 0 Å². The minimum Gasteiger partial charge on any atom is -0.396 e. The van der Waals surface area contributed by atoms with Crippen molar-refractivity contribution in [2.75, 3.05) is 6.61 Å². The van der Waals surface area contributed by atoms with Crippen LogP contribution in [0.25, 0.3) is 0 Å². The van der Waals surface area contributed by atoms with Crippen molar-refractivity contribution < 1.29 is 5.11 Å². The van der Waals surface area contributed by atoms with Crippen LogP contribution < -0.4 is 0 Å². The molecule has 0 bridgehead atoms. The summed E-state index contributed by atoms with van der Waals surface area (Å²) in [5, 5.41) is 9.90. The lowest BCUT2D eigenvalue weighted by atomic mass is 9.95. The van der Waals surface area contributed by atoms with E-state index in [4.69, 9.17) is 16.7 Å². The second-order valence-corrected chi connectivity index (χ2v) is 3.66. The van der Waals surface area contributed by atoms with E-state index in [-0.39, 0.29) is 12.5 Å². The lowest BCUT2D eigenvalue weighted by Crippen LogP contribution is -2.03. The summed E-state index contributed by atoms with van der Waals surface area (Å²) in [5.74, 6) is 0.240. The Morgan fingerprint density at radius 1 is 1.46 bits per heavy atom. The fraction of sp³-hybridized carbons (Fsp3) is 0.455. The molecule has 1 rings (SSSR count). The first-order chi connectivity index (χ1) is 6.27. The van der Waals surface area contributed by atoms with E-state index in [1.54, 1.807) is 0 Å². The predicted octanol–water partition coefficient (Wildman–Crippen LogP) is 3.22. The van der Waals surface area contributed by atoms with Gasteiger partial charge in [-0.3, -0.25) is 0 Å². The summed E-state index contributed by atoms with van der Waals surface area (Å²) < 4.78 is 0. The summed E-state index contributed by atoms with van der Waals surface area (Å²) >= 11 is 5.86. The molecule has 0 radical (unpaired) electrons. The van der Waals surface area contributed by atoms with Crippen molar-refractivity contribution in [2.24, 2.45) is 0 Å². The number of benzene rings is 1. The Morgan fingerprint density at radius 3 is 2.77 bits per heavy atom. The first-order valence-electron chi connectivity index (χ1n) is 4.64. The minimum atomic E-state index is 0.203. The van der Waals surface area contributed by atoms with E-state index in [1.807, 2.05) is 24.3 Å². The molecule has 0 heterocycles. The van der Waals surface area contributed by atoms with E-state index in [2.05, 4.69) is 6.92 Å². The van der Waals surface area contributed by atoms with Gasteiger partial charge >= 0.3 is 0 Å². The van der Waals surface area contributed by atoms with Gasteiger partial charge < -0.3 is 5.11 Å². The number of rotatable bonds is 4. The Hall–Kier alpha value is -0.530. The van der Waals surface area contributed by atoms with Crippen LogP contribution in [0.3, 0.4) is 0 Å². The van der Waals surface area contributed by atoms with Crippen LogP contribution in [0.15, 0.2) is 24.3 Å². The van der Waals surface area contributed by atoms with Gasteiger partial charge in [0.2, 0.25) is 0 Å². The van der Waals surface area contributed by atoms with Gasteiger partial charge in [0.15, 0.2) is 0 Å². The van der Waals surface area contributed by atoms with Crippen molar-refractivity contribution in [2.45, 2.75) is 25.7 Å². The van der Waals surface area contributed by atoms with Gasteiger partial charge in [0.1, 0.15) is 0 Å². The monoisotopic (exact) mass is 198 g/mol. The molecule has 13 heavy (non-hydrogen) atoms. The Balaban J connectivity index is 2.78. The lowest BCUT2D eigenvalue weighted by molar-refractivity contribution is 0.258. The van der Waals surface area contributed by atoms with Gasteiger partial charge in [0.25, 0.3) is 0 Å². The largest absolute Gasteiger partial charge is 0.396 e. The molecule has 0 amide bonds. The minimum absolute atomic E-state index is 0.203. The molecule has 0 saturated carbocycles. The first-order valence-corrected chi connectivity index (χ1v) is 5.02. The molecule has 72 valence electrons. The molecule has 2 heteroatoms. The Morgan fingerprint density at radius 2 is 2.23 bits per heavy atom. The highest BCUT2D eigenvalue weighted by atomic mass is 35.5. The van der Waals surface area contributed by atoms with E-state index in [0.29, 0.717) is 0 Å². The molecular weight excluding hydrogens is 184 g/mol. The van der Waals surface area contributed by atoms with Gasteiger partial charge in [-0.05, 0) is 24.1 Å². The van der Waals surface area contributed by atoms with Gasteiger partial charge in [-0.15, -0.1) is 0 Å². The fourth-order valence-corrected chi connectivity index (χ4v) is 1.67. The number of hydrogen-bond acceptors (Lipinski definition) is 1. The smallest absolute Gasteiger partial charge is 0.0499 e. The molecule has 1 N–H and O–H groups in total. The number of aliphatic hydroxyl groups is 1. The van der Waals surface area contributed by atoms with Crippen molar-refractivity contribution in [3.63, 3.8) is 0 Å². The van der Waals surface area contributed by atoms with E-state index < -0.39 is 0 Å². The van der Waals surface area contributed by atoms with Crippen LogP contribution in [-0.2, 0) is 0 Å². The van der Waals surface area contributed by atoms with E-state index >= 15 is 0 Å². The van der Waals surface area contributed by atoms with Gasteiger partial charge in [0, 0.05) is 17.5 Å². The van der Waals surface area contributed by atoms with Gasteiger partial charge in [-0.25, -0.2) is 0 Å². The third kappa shape index (κ3) is 3.02. The maximum atomic E-state index is 9.16. The van der Waals surface area contributed by atoms with Crippen LogP contribution in [0.2, 0.25) is 5.02 Å². The number of hydrogen-bond donors (Lipinski definition) is 1. The van der Waals surface area contributed by atoms with Gasteiger partial charge in [-0.1, -0.05) is 37.1 Å². The summed E-state index contributed by atoms with van der Waals surface area (Å²) in [5.41, 5.74) is 1.14. The zero-order valence-corrected chi connectivity index (χ0v) is 8.59. The molecule has 1 atom stereocenters. The molecule has 1 unspecified atom stereocenters. The molecule has 0 spiro atoms. The highest BCUT2D eigenvalue weighted by Gasteiger charge is 2.08. The third-order valence-corrected chi connectivity index (χ3v) is 2.41. The maximum absolute atomic E-state index is 9.16. The zero-order valence-electron chi connectivity index (χ0n) is 7.83. The SMILES string of the molecule is CCCC(CO)c1cccc(Cl)c1. The molecule has 0 saturated heterocycles. The lowest BCUT2D eigenvalue weighted by Gasteiger charge is -2.13. The van der Waals surface area contributed by atoms with Crippen LogP contribution in [0.1, 0.15) is 31.2 Å². The number of halogens is 1. The second kappa shape index (κ2) is 5.25. The van der Waals surface area contributed by atoms with Crippen LogP contribution in [0.5, 0.6) is 0 Å². The summed E-state index contributed by atoms with van der Waals surface area (Å²) in [4.78, 5) is 0. The average molecular weight is 199 g/mol. The van der Waals surface area contributed by atoms with Crippen molar-refractivity contribution >= 4 is 11.6 Å². The van der Waals surface area contributed by atoms with Crippen molar-refractivity contribution in [3.8, 4) is 0 Å². The molecule has 0 fully saturated rings. The molecule has 0 aromatic heterocycles. The molecular formula is C11H15ClO. The van der Waals surface area contributed by atoms with Crippen molar-refractivity contribution in [3.05, 3.63) is 34.9 Å². The Bertz CT molecular complexity index is 260. The first kappa shape index (κ1) is 10.6. The molecule has 1 aromatic rings. The topological polar surface area (TPSA) is 20.2 Å². The van der Waals surface area contributed by atoms with E-state index in [1.165, 1.54) is 0 Å². The summed E-state index contributed by atoms with van der Waals surface area (Å²) in [6.07, 6.45) is 2.09. The summed E-state index contributed by atoms with van der Waals surface area (Å²) in [7, 11) is 0. The average Bonchev–Trinajstić information content (AvgIpc) is 2.14. The molecule has 1 aromatic carbocycles. The normalized spacial score (nSPS) is 12.8. The Kier molecular flexibility index (Phi) is 4.26. The van der Waals surface area contributed by atoms with E-state index in [0.717, 1.165) is 23.4 Å². The second-order valence-electron chi connectivity index (χ2n) is 3.22. The maximum Gasteiger partial charge on any atom is 0.0499 e. The third-order valence-electron chi connectivity index (χ3n) is 2.18. The van der Waals surface area contributed by atoms with Gasteiger partial charge in [-0.2, -0.15) is 0 Å². The highest BCUT2D eigenvalue weighted by molar-refractivity contribution is 6.30. The molecule has 0 aliphatic carbocycles. The number of aliphatic hydroxyl groups excluding tert-OH is 1. The molecule has 1 nitrogen and oxygen atoms in total. The summed E-state index contributed by atoms with van der Waals surface area (Å²) in [6.45, 7) is 2.32. The predicted molar refractivity (Wildman–Crippen MR) is 56.2 cm³/mol. The Labute approximate surface area is 84.4 Å². The standard InChI is InChI=1S/C11H15ClO/c1-2-4-10(8-13)9-5-3-6-11(12)7-9/h3,5-7,10,13H,2,4,8H2,1H3. The fourth-order valence-electron chi connectivity index (χ4n) is 1.47. The van der Waals surface area contributed by atoms with Crippen LogP contribution in [0.4, 0.5) is 0 Å². The zero-order chi connectivity index (χ0) is 9.68. The molecule has 0 aliphatic heterocycles. The summed E-state index contributed by atoms with van der Waals surface area (Å²) in [6, 6.07) is 7.72. The van der Waals surface area contributed by atoms with Crippen molar-refractivity contribution in [1.82, 2.24) is 0 Å².